The molecule has 0 saturated heterocycles. The van der Waals surface area contributed by atoms with Crippen LogP contribution in [-0.2, 0) is 0 Å². The Balaban J connectivity index is 2.18. The van der Waals surface area contributed by atoms with Crippen molar-refractivity contribution in [1.82, 2.24) is 4.90 Å². The summed E-state index contributed by atoms with van der Waals surface area (Å²) >= 11 is 0. The van der Waals surface area contributed by atoms with E-state index in [1.54, 1.807) is 0 Å². The van der Waals surface area contributed by atoms with Gasteiger partial charge >= 0.3 is 0 Å². The number of hydrogen-bond donors (Lipinski definition) is 0. The molecule has 2 heteroatoms. The molecule has 2 rings (SSSR count). The topological polar surface area (TPSA) is 6.25 Å². The van der Waals surface area contributed by atoms with E-state index in [1.807, 2.05) is 0 Å². The van der Waals surface area contributed by atoms with Gasteiger partial charge in [0.25, 0.3) is 0 Å². The quantitative estimate of drug-likeness (QED) is 0.605. The predicted octanol–water partition coefficient (Wildman–Crippen LogP) is 1.39. The summed E-state index contributed by atoms with van der Waals surface area (Å²) in [5.41, 5.74) is 1.44. The van der Waals surface area contributed by atoms with E-state index in [-0.39, 0.29) is 0 Å². The first-order chi connectivity index (χ1) is 6.75. The molecule has 1 atom stereocenters. The van der Waals surface area contributed by atoms with Crippen molar-refractivity contribution < 1.29 is 4.58 Å². The largest absolute Gasteiger partial charge is 0.270 e. The SMILES string of the molecule is CN1C=[N+](C)CC(c2ccccc2)C1. The molecule has 0 spiro atoms. The lowest BCUT2D eigenvalue weighted by atomic mass is 9.98. The Kier molecular flexibility index (Phi) is 2.53. The van der Waals surface area contributed by atoms with E-state index < -0.39 is 0 Å². The van der Waals surface area contributed by atoms with Crippen LogP contribution in [0.3, 0.4) is 0 Å². The highest BCUT2D eigenvalue weighted by atomic mass is 15.2. The van der Waals surface area contributed by atoms with E-state index in [2.05, 4.69) is 60.2 Å². The summed E-state index contributed by atoms with van der Waals surface area (Å²) < 4.78 is 2.25. The predicted molar refractivity (Wildman–Crippen MR) is 58.9 cm³/mol. The normalized spacial score (nSPS) is 22.0. The van der Waals surface area contributed by atoms with Gasteiger partial charge in [-0.1, -0.05) is 30.3 Å². The molecule has 0 bridgehead atoms. The van der Waals surface area contributed by atoms with Crippen molar-refractivity contribution in [3.05, 3.63) is 35.9 Å². The minimum atomic E-state index is 0.635. The third kappa shape index (κ3) is 1.95. The molecule has 1 unspecified atom stereocenters. The van der Waals surface area contributed by atoms with Gasteiger partial charge in [0.1, 0.15) is 0 Å². The minimum absolute atomic E-state index is 0.635. The van der Waals surface area contributed by atoms with Gasteiger partial charge in [0, 0.05) is 0 Å². The van der Waals surface area contributed by atoms with E-state index in [9.17, 15) is 0 Å². The van der Waals surface area contributed by atoms with Crippen LogP contribution in [0, 0.1) is 0 Å². The molecule has 0 amide bonds. The van der Waals surface area contributed by atoms with Gasteiger partial charge in [0.2, 0.25) is 6.34 Å². The van der Waals surface area contributed by atoms with Crippen LogP contribution in [-0.4, -0.2) is 43.0 Å². The summed E-state index contributed by atoms with van der Waals surface area (Å²) in [6.07, 6.45) is 2.17. The molecule has 2 nitrogen and oxygen atoms in total. The lowest BCUT2D eigenvalue weighted by Gasteiger charge is -2.23. The summed E-state index contributed by atoms with van der Waals surface area (Å²) in [5.74, 6) is 0.635. The number of hydrogen-bond acceptors (Lipinski definition) is 1. The standard InChI is InChI=1S/C12H17N2/c1-13-8-12(9-14(2)10-13)11-6-4-3-5-7-11/h3-7,10,12H,8-9H2,1-2H3/q+1. The van der Waals surface area contributed by atoms with Gasteiger partial charge in [-0.25, -0.2) is 0 Å². The summed E-state index contributed by atoms with van der Waals surface area (Å²) in [5, 5.41) is 0. The second-order valence-electron chi connectivity index (χ2n) is 4.10. The Morgan fingerprint density at radius 1 is 1.29 bits per heavy atom. The molecule has 14 heavy (non-hydrogen) atoms. The molecule has 1 aromatic rings. The second kappa shape index (κ2) is 3.82. The summed E-state index contributed by atoms with van der Waals surface area (Å²) in [4.78, 5) is 2.25. The molecule has 74 valence electrons. The van der Waals surface area contributed by atoms with Crippen LogP contribution in [0.1, 0.15) is 11.5 Å². The Morgan fingerprint density at radius 3 is 2.64 bits per heavy atom. The molecule has 1 aromatic carbocycles. The Labute approximate surface area is 85.5 Å². The molecular formula is C12H17N2+. The van der Waals surface area contributed by atoms with Crippen LogP contribution in [0.4, 0.5) is 0 Å². The van der Waals surface area contributed by atoms with Crippen LogP contribution < -0.4 is 0 Å². The number of rotatable bonds is 1. The maximum Gasteiger partial charge on any atom is 0.233 e. The molecule has 0 N–H and O–H groups in total. The first-order valence-electron chi connectivity index (χ1n) is 5.06. The van der Waals surface area contributed by atoms with Gasteiger partial charge in [-0.2, -0.15) is 0 Å². The van der Waals surface area contributed by atoms with Crippen molar-refractivity contribution in [3.63, 3.8) is 0 Å². The van der Waals surface area contributed by atoms with Gasteiger partial charge < -0.3 is 0 Å². The molecule has 1 heterocycles. The highest BCUT2D eigenvalue weighted by Crippen LogP contribution is 2.18. The highest BCUT2D eigenvalue weighted by Gasteiger charge is 2.22. The van der Waals surface area contributed by atoms with Gasteiger partial charge in [-0.05, 0) is 5.56 Å². The van der Waals surface area contributed by atoms with Crippen molar-refractivity contribution >= 4 is 6.34 Å². The van der Waals surface area contributed by atoms with Crippen molar-refractivity contribution in [3.8, 4) is 0 Å². The van der Waals surface area contributed by atoms with Gasteiger partial charge in [0.05, 0.1) is 33.1 Å². The monoisotopic (exact) mass is 189 g/mol. The average Bonchev–Trinajstić information content (AvgIpc) is 2.18. The number of likely N-dealkylation sites (N-methyl/N-ethyl adjacent to an activating group) is 2. The first kappa shape index (κ1) is 9.25. The second-order valence-corrected chi connectivity index (χ2v) is 4.10. The zero-order valence-electron chi connectivity index (χ0n) is 8.85. The first-order valence-corrected chi connectivity index (χ1v) is 5.06. The molecule has 0 saturated carbocycles. The zero-order chi connectivity index (χ0) is 9.97. The van der Waals surface area contributed by atoms with Crippen LogP contribution in [0.2, 0.25) is 0 Å². The van der Waals surface area contributed by atoms with E-state index in [0.29, 0.717) is 5.92 Å². The van der Waals surface area contributed by atoms with E-state index in [1.165, 1.54) is 5.56 Å². The lowest BCUT2D eigenvalue weighted by Crippen LogP contribution is -2.37. The summed E-state index contributed by atoms with van der Waals surface area (Å²) in [6, 6.07) is 10.8. The van der Waals surface area contributed by atoms with Crippen molar-refractivity contribution in [2.24, 2.45) is 0 Å². The molecular weight excluding hydrogens is 172 g/mol. The van der Waals surface area contributed by atoms with Crippen molar-refractivity contribution in [2.45, 2.75) is 5.92 Å². The zero-order valence-corrected chi connectivity index (χ0v) is 8.85. The summed E-state index contributed by atoms with van der Waals surface area (Å²) in [7, 11) is 4.26. The van der Waals surface area contributed by atoms with Crippen LogP contribution in [0.5, 0.6) is 0 Å². The molecule has 1 aliphatic rings. The molecule has 0 radical (unpaired) electrons. The highest BCUT2D eigenvalue weighted by molar-refractivity contribution is 5.49. The maximum absolute atomic E-state index is 2.25. The van der Waals surface area contributed by atoms with E-state index in [4.69, 9.17) is 0 Å². The number of benzene rings is 1. The smallest absolute Gasteiger partial charge is 0.233 e. The lowest BCUT2D eigenvalue weighted by molar-refractivity contribution is -0.506. The van der Waals surface area contributed by atoms with Gasteiger partial charge in [0.15, 0.2) is 0 Å². The molecule has 1 aliphatic heterocycles. The third-order valence-corrected chi connectivity index (χ3v) is 2.68. The molecule has 0 aromatic heterocycles. The Hall–Kier alpha value is -1.31. The van der Waals surface area contributed by atoms with Crippen molar-refractivity contribution in [1.29, 1.82) is 0 Å². The third-order valence-electron chi connectivity index (χ3n) is 2.68. The fourth-order valence-corrected chi connectivity index (χ4v) is 2.12. The average molecular weight is 189 g/mol. The van der Waals surface area contributed by atoms with Gasteiger partial charge in [-0.15, -0.1) is 0 Å². The minimum Gasteiger partial charge on any atom is -0.270 e. The van der Waals surface area contributed by atoms with Gasteiger partial charge in [-0.3, -0.25) is 9.48 Å². The van der Waals surface area contributed by atoms with Crippen LogP contribution >= 0.6 is 0 Å². The van der Waals surface area contributed by atoms with Crippen LogP contribution in [0.25, 0.3) is 0 Å². The summed E-state index contributed by atoms with van der Waals surface area (Å²) in [6.45, 7) is 2.24. The van der Waals surface area contributed by atoms with Crippen LogP contribution in [0.15, 0.2) is 30.3 Å². The Morgan fingerprint density at radius 2 is 2.00 bits per heavy atom. The molecule has 0 fully saturated rings. The fraction of sp³-hybridized carbons (Fsp3) is 0.417. The fourth-order valence-electron chi connectivity index (χ4n) is 2.12. The molecule has 0 aliphatic carbocycles. The maximum atomic E-state index is 2.25. The number of nitrogens with zero attached hydrogens (tertiary/aromatic N) is 2. The van der Waals surface area contributed by atoms with Crippen molar-refractivity contribution in [2.75, 3.05) is 27.2 Å². The van der Waals surface area contributed by atoms with E-state index >= 15 is 0 Å². The Bertz CT molecular complexity index is 329. The van der Waals surface area contributed by atoms with E-state index in [0.717, 1.165) is 13.1 Å².